The summed E-state index contributed by atoms with van der Waals surface area (Å²) in [6.45, 7) is 1.90. The molecule has 2 N–H and O–H groups in total. The van der Waals surface area contributed by atoms with E-state index < -0.39 is 10.0 Å². The van der Waals surface area contributed by atoms with Gasteiger partial charge in [-0.1, -0.05) is 17.7 Å². The van der Waals surface area contributed by atoms with E-state index in [-0.39, 0.29) is 4.90 Å². The van der Waals surface area contributed by atoms with Crippen molar-refractivity contribution in [1.82, 2.24) is 20.0 Å². The van der Waals surface area contributed by atoms with Gasteiger partial charge in [0.2, 0.25) is 0 Å². The first-order chi connectivity index (χ1) is 14.4. The van der Waals surface area contributed by atoms with Crippen molar-refractivity contribution < 1.29 is 8.42 Å². The molecular weight excluding hydrogens is 424 g/mol. The average Bonchev–Trinajstić information content (AvgIpc) is 3.16. The first-order valence-electron chi connectivity index (χ1n) is 8.91. The second-order valence-electron chi connectivity index (χ2n) is 6.44. The molecule has 0 fully saturated rings. The van der Waals surface area contributed by atoms with Crippen molar-refractivity contribution in [2.75, 3.05) is 10.0 Å². The third kappa shape index (κ3) is 4.58. The van der Waals surface area contributed by atoms with E-state index in [0.29, 0.717) is 22.3 Å². The third-order valence-corrected chi connectivity index (χ3v) is 5.74. The fraction of sp³-hybridized carbons (Fsp3) is 0.0500. The normalized spacial score (nSPS) is 11.3. The number of halogens is 1. The molecule has 4 rings (SSSR count). The SMILES string of the molecule is Cc1ccn(-c2ccc(Nc3ccc(NS(=O)(=O)c4cccc(Cl)c4)cc3)nn2)n1. The molecule has 0 aliphatic rings. The first kappa shape index (κ1) is 19.9. The molecule has 2 heterocycles. The quantitative estimate of drug-likeness (QED) is 0.466. The molecular formula is C20H17ClN6O2S. The van der Waals surface area contributed by atoms with Crippen LogP contribution >= 0.6 is 11.6 Å². The van der Waals surface area contributed by atoms with Crippen molar-refractivity contribution in [2.45, 2.75) is 11.8 Å². The summed E-state index contributed by atoms with van der Waals surface area (Å²) in [5.74, 6) is 1.16. The van der Waals surface area contributed by atoms with Crippen LogP contribution in [0.15, 0.2) is 77.8 Å². The van der Waals surface area contributed by atoms with Crippen molar-refractivity contribution in [3.8, 4) is 5.82 Å². The highest BCUT2D eigenvalue weighted by Crippen LogP contribution is 2.22. The van der Waals surface area contributed by atoms with Gasteiger partial charge in [0.05, 0.1) is 10.6 Å². The molecule has 8 nitrogen and oxygen atoms in total. The van der Waals surface area contributed by atoms with Crippen LogP contribution in [0.5, 0.6) is 0 Å². The Balaban J connectivity index is 1.43. The molecule has 0 spiro atoms. The van der Waals surface area contributed by atoms with Gasteiger partial charge in [-0.3, -0.25) is 4.72 Å². The van der Waals surface area contributed by atoms with Gasteiger partial charge in [0.15, 0.2) is 11.6 Å². The topological polar surface area (TPSA) is 102 Å². The molecule has 0 aliphatic heterocycles. The lowest BCUT2D eigenvalue weighted by Gasteiger charge is -2.10. The monoisotopic (exact) mass is 440 g/mol. The second kappa shape index (κ2) is 8.13. The Kier molecular flexibility index (Phi) is 5.39. The number of anilines is 3. The van der Waals surface area contributed by atoms with Gasteiger partial charge in [0, 0.05) is 22.6 Å². The zero-order chi connectivity index (χ0) is 21.1. The Morgan fingerprint density at radius 3 is 2.33 bits per heavy atom. The largest absolute Gasteiger partial charge is 0.339 e. The number of benzene rings is 2. The summed E-state index contributed by atoms with van der Waals surface area (Å²) >= 11 is 5.88. The van der Waals surface area contributed by atoms with Crippen molar-refractivity contribution in [1.29, 1.82) is 0 Å². The smallest absolute Gasteiger partial charge is 0.261 e. The molecule has 4 aromatic rings. The highest BCUT2D eigenvalue weighted by molar-refractivity contribution is 7.92. The van der Waals surface area contributed by atoms with Crippen LogP contribution in [0, 0.1) is 6.92 Å². The lowest BCUT2D eigenvalue weighted by molar-refractivity contribution is 0.601. The van der Waals surface area contributed by atoms with Gasteiger partial charge in [0.1, 0.15) is 0 Å². The van der Waals surface area contributed by atoms with Gasteiger partial charge >= 0.3 is 0 Å². The van der Waals surface area contributed by atoms with Crippen molar-refractivity contribution >= 4 is 38.8 Å². The number of rotatable bonds is 6. The first-order valence-corrected chi connectivity index (χ1v) is 10.8. The fourth-order valence-electron chi connectivity index (χ4n) is 2.67. The maximum Gasteiger partial charge on any atom is 0.261 e. The molecule has 0 bridgehead atoms. The van der Waals surface area contributed by atoms with Gasteiger partial charge in [0.25, 0.3) is 10.0 Å². The molecule has 0 atom stereocenters. The average molecular weight is 441 g/mol. The van der Waals surface area contributed by atoms with Crippen LogP contribution in [0.4, 0.5) is 17.2 Å². The maximum absolute atomic E-state index is 12.5. The molecule has 152 valence electrons. The van der Waals surface area contributed by atoms with Crippen LogP contribution in [0.2, 0.25) is 5.02 Å². The van der Waals surface area contributed by atoms with Gasteiger partial charge in [-0.25, -0.2) is 13.1 Å². The van der Waals surface area contributed by atoms with Crippen LogP contribution < -0.4 is 10.0 Å². The number of aromatic nitrogens is 4. The standard InChI is InChI=1S/C20H17ClN6O2S/c1-14-11-12-27(25-14)20-10-9-19(23-24-20)22-16-5-7-17(8-6-16)26-30(28,29)18-4-2-3-15(21)13-18/h2-13,26H,1H3,(H,22,23). The van der Waals surface area contributed by atoms with Crippen LogP contribution in [0.1, 0.15) is 5.69 Å². The van der Waals surface area contributed by atoms with Gasteiger partial charge in [-0.2, -0.15) is 5.10 Å². The maximum atomic E-state index is 12.5. The molecule has 0 saturated carbocycles. The molecule has 0 saturated heterocycles. The van der Waals surface area contributed by atoms with Crippen LogP contribution in [-0.2, 0) is 10.0 Å². The van der Waals surface area contributed by atoms with E-state index in [1.54, 1.807) is 53.2 Å². The minimum absolute atomic E-state index is 0.0972. The van der Waals surface area contributed by atoms with E-state index in [4.69, 9.17) is 11.6 Å². The van der Waals surface area contributed by atoms with Crippen LogP contribution in [-0.4, -0.2) is 28.4 Å². The van der Waals surface area contributed by atoms with E-state index in [9.17, 15) is 8.42 Å². The summed E-state index contributed by atoms with van der Waals surface area (Å²) in [7, 11) is -3.72. The summed E-state index contributed by atoms with van der Waals surface area (Å²) < 4.78 is 29.1. The lowest BCUT2D eigenvalue weighted by Crippen LogP contribution is -2.12. The van der Waals surface area contributed by atoms with Crippen molar-refractivity contribution in [3.05, 3.63) is 83.6 Å². The summed E-state index contributed by atoms with van der Waals surface area (Å²) in [6.07, 6.45) is 1.82. The van der Waals surface area contributed by atoms with Gasteiger partial charge < -0.3 is 5.32 Å². The fourth-order valence-corrected chi connectivity index (χ4v) is 4.03. The Hall–Kier alpha value is -3.43. The van der Waals surface area contributed by atoms with E-state index in [1.807, 2.05) is 19.2 Å². The zero-order valence-electron chi connectivity index (χ0n) is 15.8. The zero-order valence-corrected chi connectivity index (χ0v) is 17.4. The summed E-state index contributed by atoms with van der Waals surface area (Å²) in [5.41, 5.74) is 2.05. The molecule has 0 radical (unpaired) electrons. The third-order valence-electron chi connectivity index (χ3n) is 4.12. The Morgan fingerprint density at radius 2 is 1.70 bits per heavy atom. The molecule has 10 heteroatoms. The summed E-state index contributed by atoms with van der Waals surface area (Å²) in [4.78, 5) is 0.0972. The number of sulfonamides is 1. The van der Waals surface area contributed by atoms with Crippen LogP contribution in [0.25, 0.3) is 5.82 Å². The predicted octanol–water partition coefficient (Wildman–Crippen LogP) is 4.17. The summed E-state index contributed by atoms with van der Waals surface area (Å²) in [5, 5.41) is 16.1. The van der Waals surface area contributed by atoms with Gasteiger partial charge in [-0.15, -0.1) is 10.2 Å². The molecule has 0 unspecified atom stereocenters. The highest BCUT2D eigenvalue weighted by atomic mass is 35.5. The van der Waals surface area contributed by atoms with Crippen molar-refractivity contribution in [2.24, 2.45) is 0 Å². The Morgan fingerprint density at radius 1 is 0.933 bits per heavy atom. The van der Waals surface area contributed by atoms with E-state index in [2.05, 4.69) is 25.3 Å². The number of aryl methyl sites for hydroxylation is 1. The predicted molar refractivity (Wildman–Crippen MR) is 116 cm³/mol. The molecule has 2 aromatic heterocycles. The molecule has 2 aromatic carbocycles. The number of nitrogens with zero attached hydrogens (tertiary/aromatic N) is 4. The second-order valence-corrected chi connectivity index (χ2v) is 8.56. The summed E-state index contributed by atoms with van der Waals surface area (Å²) in [6, 6.07) is 18.3. The minimum atomic E-state index is -3.72. The number of hydrogen-bond acceptors (Lipinski definition) is 6. The number of hydrogen-bond donors (Lipinski definition) is 2. The molecule has 30 heavy (non-hydrogen) atoms. The molecule has 0 amide bonds. The molecule has 0 aliphatic carbocycles. The minimum Gasteiger partial charge on any atom is -0.339 e. The van der Waals surface area contributed by atoms with E-state index in [1.165, 1.54) is 12.1 Å². The Bertz CT molecular complexity index is 1270. The lowest BCUT2D eigenvalue weighted by atomic mass is 10.3. The Labute approximate surface area is 178 Å². The van der Waals surface area contributed by atoms with E-state index >= 15 is 0 Å². The van der Waals surface area contributed by atoms with Gasteiger partial charge in [-0.05, 0) is 67.6 Å². The highest BCUT2D eigenvalue weighted by Gasteiger charge is 2.14. The number of nitrogens with one attached hydrogen (secondary N) is 2. The van der Waals surface area contributed by atoms with E-state index in [0.717, 1.165) is 11.4 Å². The van der Waals surface area contributed by atoms with Crippen LogP contribution in [0.3, 0.4) is 0 Å². The van der Waals surface area contributed by atoms with Crippen molar-refractivity contribution in [3.63, 3.8) is 0 Å².